The molecule has 0 aromatic heterocycles. The van der Waals surface area contributed by atoms with Crippen LogP contribution in [-0.4, -0.2) is 59.5 Å². The van der Waals surface area contributed by atoms with Crippen LogP contribution in [0.4, 0.5) is 4.39 Å². The zero-order valence-corrected chi connectivity index (χ0v) is 11.5. The highest BCUT2D eigenvalue weighted by Crippen LogP contribution is 1.93. The fraction of sp³-hybridized carbons (Fsp3) is 1.00. The lowest BCUT2D eigenvalue weighted by Crippen LogP contribution is -2.12. The Morgan fingerprint density at radius 2 is 1.06 bits per heavy atom. The second-order valence-electron chi connectivity index (χ2n) is 3.85. The van der Waals surface area contributed by atoms with Crippen LogP contribution >= 0.6 is 0 Å². The van der Waals surface area contributed by atoms with Gasteiger partial charge in [0, 0.05) is 6.61 Å². The molecule has 4 nitrogen and oxygen atoms in total. The summed E-state index contributed by atoms with van der Waals surface area (Å²) in [6, 6.07) is 0. The first-order valence-corrected chi connectivity index (χ1v) is 6.78. The average Bonchev–Trinajstić information content (AvgIpc) is 2.39. The molecule has 110 valence electrons. The molecule has 5 heteroatoms. The number of hydrogen-bond donors (Lipinski definition) is 0. The molecule has 0 fully saturated rings. The number of ether oxygens (including phenoxy) is 4. The molecule has 0 saturated carbocycles. The highest BCUT2D eigenvalue weighted by Gasteiger charge is 1.92. The van der Waals surface area contributed by atoms with Crippen molar-refractivity contribution in [1.82, 2.24) is 0 Å². The van der Waals surface area contributed by atoms with Crippen molar-refractivity contribution in [3.05, 3.63) is 0 Å². The molecule has 0 aliphatic rings. The Hall–Kier alpha value is -0.230. The highest BCUT2D eigenvalue weighted by atomic mass is 19.1. The van der Waals surface area contributed by atoms with Crippen LogP contribution in [0.15, 0.2) is 0 Å². The largest absolute Gasteiger partial charge is 0.379 e. The Labute approximate surface area is 110 Å². The van der Waals surface area contributed by atoms with Gasteiger partial charge in [-0.25, -0.2) is 4.39 Å². The SMILES string of the molecule is CCCCCOCCOCCOCCOCCF. The molecular weight excluding hydrogens is 239 g/mol. The summed E-state index contributed by atoms with van der Waals surface area (Å²) in [5.41, 5.74) is 0. The predicted molar refractivity (Wildman–Crippen MR) is 68.8 cm³/mol. The van der Waals surface area contributed by atoms with Crippen LogP contribution in [0.2, 0.25) is 0 Å². The molecule has 0 heterocycles. The van der Waals surface area contributed by atoms with Gasteiger partial charge in [-0.15, -0.1) is 0 Å². The van der Waals surface area contributed by atoms with Gasteiger partial charge in [0.2, 0.25) is 0 Å². The van der Waals surface area contributed by atoms with Gasteiger partial charge in [-0.3, -0.25) is 0 Å². The topological polar surface area (TPSA) is 36.9 Å². The smallest absolute Gasteiger partial charge is 0.113 e. The summed E-state index contributed by atoms with van der Waals surface area (Å²) in [6.07, 6.45) is 3.56. The van der Waals surface area contributed by atoms with Crippen LogP contribution in [0, 0.1) is 0 Å². The van der Waals surface area contributed by atoms with Gasteiger partial charge in [0.05, 0.1) is 46.2 Å². The van der Waals surface area contributed by atoms with E-state index in [0.717, 1.165) is 13.0 Å². The minimum Gasteiger partial charge on any atom is -0.379 e. The molecule has 0 aliphatic heterocycles. The normalized spacial score (nSPS) is 11.0. The number of unbranched alkanes of at least 4 members (excludes halogenated alkanes) is 2. The van der Waals surface area contributed by atoms with Crippen molar-refractivity contribution in [2.24, 2.45) is 0 Å². The minimum atomic E-state index is -0.443. The standard InChI is InChI=1S/C13H27FO4/c1-2-3-4-6-15-8-10-17-12-13-18-11-9-16-7-5-14/h2-13H2,1H3. The fourth-order valence-electron chi connectivity index (χ4n) is 1.27. The van der Waals surface area contributed by atoms with Crippen molar-refractivity contribution in [3.8, 4) is 0 Å². The lowest BCUT2D eigenvalue weighted by Gasteiger charge is -2.06. The zero-order chi connectivity index (χ0) is 13.3. The molecule has 0 saturated heterocycles. The summed E-state index contributed by atoms with van der Waals surface area (Å²) < 4.78 is 32.5. The predicted octanol–water partition coefficient (Wildman–Crippen LogP) is 2.21. The van der Waals surface area contributed by atoms with Crippen molar-refractivity contribution in [1.29, 1.82) is 0 Å². The summed E-state index contributed by atoms with van der Waals surface area (Å²) in [6.45, 7) is 5.96. The van der Waals surface area contributed by atoms with E-state index in [-0.39, 0.29) is 6.61 Å². The molecular formula is C13H27FO4. The Balaban J connectivity index is 2.86. The van der Waals surface area contributed by atoms with Gasteiger partial charge in [0.1, 0.15) is 6.67 Å². The molecule has 0 aromatic carbocycles. The monoisotopic (exact) mass is 266 g/mol. The van der Waals surface area contributed by atoms with Gasteiger partial charge in [-0.1, -0.05) is 19.8 Å². The van der Waals surface area contributed by atoms with E-state index in [1.165, 1.54) is 12.8 Å². The minimum absolute atomic E-state index is 0.148. The van der Waals surface area contributed by atoms with Gasteiger partial charge >= 0.3 is 0 Å². The van der Waals surface area contributed by atoms with Crippen LogP contribution in [0.5, 0.6) is 0 Å². The molecule has 0 amide bonds. The third kappa shape index (κ3) is 15.8. The fourth-order valence-corrected chi connectivity index (χ4v) is 1.27. The van der Waals surface area contributed by atoms with Crippen molar-refractivity contribution in [2.45, 2.75) is 26.2 Å². The first-order valence-electron chi connectivity index (χ1n) is 6.78. The maximum absolute atomic E-state index is 11.6. The van der Waals surface area contributed by atoms with Gasteiger partial charge in [-0.2, -0.15) is 0 Å². The second kappa shape index (κ2) is 16.8. The van der Waals surface area contributed by atoms with E-state index in [4.69, 9.17) is 18.9 Å². The third-order valence-corrected chi connectivity index (χ3v) is 2.23. The molecule has 0 spiro atoms. The molecule has 0 rings (SSSR count). The molecule has 18 heavy (non-hydrogen) atoms. The van der Waals surface area contributed by atoms with E-state index >= 15 is 0 Å². The van der Waals surface area contributed by atoms with E-state index in [2.05, 4.69) is 6.92 Å². The number of alkyl halides is 1. The van der Waals surface area contributed by atoms with Crippen LogP contribution < -0.4 is 0 Å². The van der Waals surface area contributed by atoms with E-state index < -0.39 is 6.67 Å². The van der Waals surface area contributed by atoms with Gasteiger partial charge < -0.3 is 18.9 Å². The lowest BCUT2D eigenvalue weighted by atomic mass is 10.3. The van der Waals surface area contributed by atoms with Crippen LogP contribution in [0.1, 0.15) is 26.2 Å². The van der Waals surface area contributed by atoms with Crippen molar-refractivity contribution in [3.63, 3.8) is 0 Å². The molecule has 0 atom stereocenters. The first kappa shape index (κ1) is 17.8. The summed E-state index contributed by atoms with van der Waals surface area (Å²) in [7, 11) is 0. The highest BCUT2D eigenvalue weighted by molar-refractivity contribution is 4.37. The van der Waals surface area contributed by atoms with E-state index in [1.54, 1.807) is 0 Å². The Kier molecular flexibility index (Phi) is 16.6. The van der Waals surface area contributed by atoms with Crippen molar-refractivity contribution in [2.75, 3.05) is 59.5 Å². The number of hydrogen-bond acceptors (Lipinski definition) is 4. The number of rotatable bonds is 15. The molecule has 0 unspecified atom stereocenters. The summed E-state index contributed by atoms with van der Waals surface area (Å²) >= 11 is 0. The van der Waals surface area contributed by atoms with Crippen LogP contribution in [0.3, 0.4) is 0 Å². The summed E-state index contributed by atoms with van der Waals surface area (Å²) in [5, 5.41) is 0. The van der Waals surface area contributed by atoms with E-state index in [0.29, 0.717) is 39.6 Å². The second-order valence-corrected chi connectivity index (χ2v) is 3.85. The third-order valence-electron chi connectivity index (χ3n) is 2.23. The quantitative estimate of drug-likeness (QED) is 0.426. The Morgan fingerprint density at radius 1 is 0.611 bits per heavy atom. The van der Waals surface area contributed by atoms with Crippen LogP contribution in [-0.2, 0) is 18.9 Å². The van der Waals surface area contributed by atoms with Gasteiger partial charge in [0.15, 0.2) is 0 Å². The molecule has 0 radical (unpaired) electrons. The Bertz CT molecular complexity index is 131. The molecule has 0 N–H and O–H groups in total. The maximum Gasteiger partial charge on any atom is 0.113 e. The van der Waals surface area contributed by atoms with E-state index in [1.807, 2.05) is 0 Å². The molecule has 0 bridgehead atoms. The average molecular weight is 266 g/mol. The molecule has 0 aromatic rings. The maximum atomic E-state index is 11.6. The Morgan fingerprint density at radius 3 is 1.50 bits per heavy atom. The summed E-state index contributed by atoms with van der Waals surface area (Å²) in [5.74, 6) is 0. The van der Waals surface area contributed by atoms with Crippen LogP contribution in [0.25, 0.3) is 0 Å². The lowest BCUT2D eigenvalue weighted by molar-refractivity contribution is -0.00325. The van der Waals surface area contributed by atoms with Crippen molar-refractivity contribution < 1.29 is 23.3 Å². The van der Waals surface area contributed by atoms with Crippen molar-refractivity contribution >= 4 is 0 Å². The van der Waals surface area contributed by atoms with Gasteiger partial charge in [0.25, 0.3) is 0 Å². The van der Waals surface area contributed by atoms with E-state index in [9.17, 15) is 4.39 Å². The number of halogens is 1. The molecule has 0 aliphatic carbocycles. The van der Waals surface area contributed by atoms with Gasteiger partial charge in [-0.05, 0) is 6.42 Å². The summed E-state index contributed by atoms with van der Waals surface area (Å²) in [4.78, 5) is 0. The zero-order valence-electron chi connectivity index (χ0n) is 11.5. The first-order chi connectivity index (χ1) is 8.91.